The van der Waals surface area contributed by atoms with Gasteiger partial charge in [-0.25, -0.2) is 0 Å². The number of primary amides is 1. The van der Waals surface area contributed by atoms with Crippen LogP contribution < -0.4 is 11.5 Å². The maximum atomic E-state index is 14.3. The minimum atomic E-state index is -1.21. The molecule has 0 spiro atoms. The van der Waals surface area contributed by atoms with Gasteiger partial charge in [-0.15, -0.1) is 0 Å². The van der Waals surface area contributed by atoms with Crippen molar-refractivity contribution < 1.29 is 38.9 Å². The Hall–Kier alpha value is -3.57. The van der Waals surface area contributed by atoms with Gasteiger partial charge in [0.2, 0.25) is 0 Å². The van der Waals surface area contributed by atoms with Crippen molar-refractivity contribution in [3.05, 3.63) is 47.0 Å². The summed E-state index contributed by atoms with van der Waals surface area (Å²) < 4.78 is 6.15. The molecule has 2 amide bonds. The molecule has 5 aliphatic rings. The number of nitrogens with zero attached hydrogens (tertiary/aromatic N) is 1. The summed E-state index contributed by atoms with van der Waals surface area (Å²) in [6.07, 6.45) is 4.45. The normalized spacial score (nSPS) is 36.4. The molecule has 1 unspecified atom stereocenters. The van der Waals surface area contributed by atoms with Crippen LogP contribution in [0.4, 0.5) is 0 Å². The lowest BCUT2D eigenvalue weighted by atomic mass is 9.31. The van der Waals surface area contributed by atoms with E-state index in [0.717, 1.165) is 36.8 Å². The van der Waals surface area contributed by atoms with E-state index in [1.807, 2.05) is 44.2 Å². The van der Waals surface area contributed by atoms with Crippen LogP contribution in [-0.2, 0) is 35.3 Å². The third-order valence-electron chi connectivity index (χ3n) is 16.9. The van der Waals surface area contributed by atoms with E-state index >= 15 is 0 Å². The molecule has 6 rings (SSSR count). The summed E-state index contributed by atoms with van der Waals surface area (Å²) in [5.74, 6) is -3.08. The molecule has 4 saturated carbocycles. The van der Waals surface area contributed by atoms with E-state index in [4.69, 9.17) is 16.2 Å². The number of esters is 1. The molecule has 0 aliphatic heterocycles. The Morgan fingerprint density at radius 3 is 2.16 bits per heavy atom. The number of Topliss-reactive ketones (excluding diaryl/α,β-unsaturated/α-hetero) is 1. The summed E-state index contributed by atoms with van der Waals surface area (Å²) >= 11 is 0. The second-order valence-electron chi connectivity index (χ2n) is 20.9. The quantitative estimate of drug-likeness (QED) is 0.155. The van der Waals surface area contributed by atoms with Crippen molar-refractivity contribution in [2.45, 2.75) is 151 Å². The van der Waals surface area contributed by atoms with E-state index in [9.17, 15) is 34.2 Å². The Morgan fingerprint density at radius 1 is 0.930 bits per heavy atom. The highest BCUT2D eigenvalue weighted by Crippen LogP contribution is 2.77. The first kappa shape index (κ1) is 43.0. The van der Waals surface area contributed by atoms with Crippen LogP contribution in [0.3, 0.4) is 0 Å². The van der Waals surface area contributed by atoms with Crippen molar-refractivity contribution >= 4 is 29.5 Å². The number of aliphatic hydroxyl groups excluding tert-OH is 1. The predicted molar refractivity (Wildman–Crippen MR) is 216 cm³/mol. The minimum absolute atomic E-state index is 0.00623. The molecule has 5 aliphatic carbocycles. The molecule has 11 heteroatoms. The minimum Gasteiger partial charge on any atom is -0.481 e. The van der Waals surface area contributed by atoms with Gasteiger partial charge in [0.05, 0.1) is 17.9 Å². The molecule has 6 N–H and O–H groups in total. The van der Waals surface area contributed by atoms with Crippen molar-refractivity contribution in [1.82, 2.24) is 4.90 Å². The zero-order valence-corrected chi connectivity index (χ0v) is 35.7. The monoisotopic (exact) mass is 789 g/mol. The Balaban J connectivity index is 1.33. The van der Waals surface area contributed by atoms with Crippen LogP contribution in [0.15, 0.2) is 41.5 Å². The summed E-state index contributed by atoms with van der Waals surface area (Å²) in [6.45, 7) is 18.6. The predicted octanol–water partition coefficient (Wildman–Crippen LogP) is 6.34. The Bertz CT molecular complexity index is 1860. The van der Waals surface area contributed by atoms with E-state index in [0.29, 0.717) is 37.2 Å². The average Bonchev–Trinajstić information content (AvgIpc) is 3.44. The standard InChI is InChI=1S/C46H67N3O8/c1-27(2)35-29(50)23-45(32(51)26-49(38(54)37(47)53)25-28-13-11-10-12-14-28)22-21-44(9)43(8)19-15-30-41(5,6)33(57-34(52)24-40(3,4)39(55)56)17-18-42(30,7)31(43)16-20-46(44,48)36(35)45/h10-14,27,30-33,51H,15-26,48H2,1-9H3,(H2,47,53)(H,55,56)/t30-,31+,32-,33-,42-,43+,44-,45?,46-/m0/s1. The Kier molecular flexibility index (Phi) is 10.8. The number of carboxylic acids is 1. The molecule has 1 aromatic carbocycles. The van der Waals surface area contributed by atoms with Gasteiger partial charge in [-0.05, 0) is 116 Å². The molecule has 314 valence electrons. The number of amides is 2. The fraction of sp³-hybridized carbons (Fsp3) is 0.717. The summed E-state index contributed by atoms with van der Waals surface area (Å²) in [5.41, 5.74) is 11.6. The summed E-state index contributed by atoms with van der Waals surface area (Å²) in [7, 11) is 0. The number of hydrogen-bond donors (Lipinski definition) is 4. The van der Waals surface area contributed by atoms with Gasteiger partial charge in [-0.2, -0.15) is 0 Å². The molecule has 57 heavy (non-hydrogen) atoms. The van der Waals surface area contributed by atoms with Gasteiger partial charge >= 0.3 is 23.8 Å². The van der Waals surface area contributed by atoms with Crippen LogP contribution >= 0.6 is 0 Å². The fourth-order valence-electron chi connectivity index (χ4n) is 13.6. The molecule has 0 bridgehead atoms. The van der Waals surface area contributed by atoms with Crippen molar-refractivity contribution in [1.29, 1.82) is 0 Å². The van der Waals surface area contributed by atoms with Crippen molar-refractivity contribution in [3.63, 3.8) is 0 Å². The molecule has 0 saturated heterocycles. The number of carboxylic acid groups (broad SMARTS) is 1. The number of hydrogen-bond acceptors (Lipinski definition) is 8. The SMILES string of the molecule is CC(C)C1=C2C([C@@H](O)CN(Cc3ccccc3)C(=O)C(N)=O)(CC[C@]3(C)[C@]2(N)CC[C@@H]2[C@@]4(C)CC[C@H](OC(=O)CC(C)(C)C(=O)O)C(C)(C)[C@@H]4CC[C@]23C)CC1=O. The maximum absolute atomic E-state index is 14.3. The number of ketones is 1. The van der Waals surface area contributed by atoms with Crippen LogP contribution in [0.5, 0.6) is 0 Å². The van der Waals surface area contributed by atoms with Gasteiger partial charge in [-0.3, -0.25) is 24.0 Å². The molecule has 0 aromatic heterocycles. The van der Waals surface area contributed by atoms with E-state index in [1.165, 1.54) is 4.90 Å². The highest BCUT2D eigenvalue weighted by atomic mass is 16.5. The van der Waals surface area contributed by atoms with Gasteiger partial charge in [-0.1, -0.05) is 78.8 Å². The lowest BCUT2D eigenvalue weighted by molar-refractivity contribution is -0.239. The third-order valence-corrected chi connectivity index (χ3v) is 16.9. The summed E-state index contributed by atoms with van der Waals surface area (Å²) in [6, 6.07) is 9.27. The molecule has 11 nitrogen and oxygen atoms in total. The summed E-state index contributed by atoms with van der Waals surface area (Å²) in [4.78, 5) is 66.1. The fourth-order valence-corrected chi connectivity index (χ4v) is 13.6. The van der Waals surface area contributed by atoms with Crippen LogP contribution in [0.2, 0.25) is 0 Å². The van der Waals surface area contributed by atoms with Crippen molar-refractivity contribution in [2.24, 2.45) is 61.7 Å². The van der Waals surface area contributed by atoms with Gasteiger partial charge in [0.15, 0.2) is 5.78 Å². The topological polar surface area (TPSA) is 190 Å². The zero-order valence-electron chi connectivity index (χ0n) is 35.7. The van der Waals surface area contributed by atoms with Crippen molar-refractivity contribution in [2.75, 3.05) is 6.54 Å². The molecular formula is C46H67N3O8. The number of aliphatic hydroxyl groups is 1. The number of carbonyl (C=O) groups is 5. The number of nitrogens with two attached hydrogens (primary N) is 2. The van der Waals surface area contributed by atoms with E-state index in [-0.39, 0.29) is 65.9 Å². The molecule has 0 radical (unpaired) electrons. The third kappa shape index (κ3) is 6.48. The highest BCUT2D eigenvalue weighted by molar-refractivity contribution is 6.34. The number of rotatable bonds is 10. The Labute approximate surface area is 338 Å². The lowest BCUT2D eigenvalue weighted by Gasteiger charge is -2.74. The lowest BCUT2D eigenvalue weighted by Crippen LogP contribution is -2.74. The highest BCUT2D eigenvalue weighted by Gasteiger charge is 2.74. The van der Waals surface area contributed by atoms with E-state index in [1.54, 1.807) is 13.8 Å². The largest absolute Gasteiger partial charge is 0.481 e. The Morgan fingerprint density at radius 2 is 1.56 bits per heavy atom. The zero-order chi connectivity index (χ0) is 42.3. The summed E-state index contributed by atoms with van der Waals surface area (Å²) in [5, 5.41) is 22.1. The van der Waals surface area contributed by atoms with Crippen molar-refractivity contribution in [3.8, 4) is 0 Å². The second-order valence-corrected chi connectivity index (χ2v) is 20.9. The molecular weight excluding hydrogens is 723 g/mol. The van der Waals surface area contributed by atoms with E-state index in [2.05, 4.69) is 34.6 Å². The number of ether oxygens (including phenoxy) is 1. The average molecular weight is 790 g/mol. The second kappa shape index (κ2) is 14.3. The van der Waals surface area contributed by atoms with Gasteiger partial charge in [0.25, 0.3) is 0 Å². The number of aliphatic carboxylic acids is 1. The molecule has 0 heterocycles. The maximum Gasteiger partial charge on any atom is 0.312 e. The van der Waals surface area contributed by atoms with Crippen LogP contribution in [0.25, 0.3) is 0 Å². The van der Waals surface area contributed by atoms with E-state index < -0.39 is 51.6 Å². The first-order chi connectivity index (χ1) is 26.3. The molecule has 1 aromatic rings. The van der Waals surface area contributed by atoms with Crippen LogP contribution in [-0.4, -0.2) is 68.9 Å². The van der Waals surface area contributed by atoms with Gasteiger partial charge in [0, 0.05) is 35.9 Å². The van der Waals surface area contributed by atoms with Crippen LogP contribution in [0.1, 0.15) is 132 Å². The number of benzene rings is 1. The number of fused-ring (bicyclic) bond motifs is 7. The molecule has 9 atom stereocenters. The first-order valence-electron chi connectivity index (χ1n) is 21.1. The van der Waals surface area contributed by atoms with Crippen LogP contribution in [0, 0.1) is 50.2 Å². The smallest absolute Gasteiger partial charge is 0.312 e. The van der Waals surface area contributed by atoms with Gasteiger partial charge < -0.3 is 31.3 Å². The number of allylic oxidation sites excluding steroid dienone is 1. The van der Waals surface area contributed by atoms with Gasteiger partial charge in [0.1, 0.15) is 6.10 Å². The molecule has 4 fully saturated rings. The first-order valence-corrected chi connectivity index (χ1v) is 21.1. The number of carbonyl (C=O) groups excluding carboxylic acids is 4.